The van der Waals surface area contributed by atoms with Gasteiger partial charge in [0, 0.05) is 29.0 Å². The average Bonchev–Trinajstić information content (AvgIpc) is 2.52. The normalized spacial score (nSPS) is 10.6. The van der Waals surface area contributed by atoms with E-state index in [1.54, 1.807) is 11.3 Å². The summed E-state index contributed by atoms with van der Waals surface area (Å²) in [5.74, 6) is 0. The van der Waals surface area contributed by atoms with Gasteiger partial charge >= 0.3 is 0 Å². The van der Waals surface area contributed by atoms with E-state index in [9.17, 15) is 0 Å². The lowest BCUT2D eigenvalue weighted by atomic mass is 10.4. The summed E-state index contributed by atoms with van der Waals surface area (Å²) in [6.07, 6.45) is 0. The number of likely N-dealkylation sites (N-methyl/N-ethyl adjacent to an activating group) is 1. The summed E-state index contributed by atoms with van der Waals surface area (Å²) in [7, 11) is 0. The molecule has 0 aliphatic carbocycles. The molecular weight excluding hydrogens is 248 g/mol. The second kappa shape index (κ2) is 6.54. The summed E-state index contributed by atoms with van der Waals surface area (Å²) >= 11 is 5.29. The van der Waals surface area contributed by atoms with Gasteiger partial charge in [0.05, 0.1) is 0 Å². The van der Waals surface area contributed by atoms with Gasteiger partial charge in [-0.25, -0.2) is 0 Å². The van der Waals surface area contributed by atoms with Crippen LogP contribution in [0.4, 0.5) is 0 Å². The van der Waals surface area contributed by atoms with Crippen LogP contribution in [0, 0.1) is 0 Å². The van der Waals surface area contributed by atoms with Gasteiger partial charge < -0.3 is 10.6 Å². The monoisotopic (exact) mass is 262 g/mol. The highest BCUT2D eigenvalue weighted by atomic mass is 79.9. The van der Waals surface area contributed by atoms with Crippen LogP contribution in [0.15, 0.2) is 15.9 Å². The zero-order chi connectivity index (χ0) is 9.52. The fourth-order valence-electron chi connectivity index (χ4n) is 1.01. The molecule has 1 aromatic heterocycles. The van der Waals surface area contributed by atoms with E-state index < -0.39 is 0 Å². The summed E-state index contributed by atoms with van der Waals surface area (Å²) < 4.78 is 1.22. The Hall–Kier alpha value is 0.100. The van der Waals surface area contributed by atoms with Crippen molar-refractivity contribution in [3.8, 4) is 0 Å². The maximum absolute atomic E-state index is 3.50. The van der Waals surface area contributed by atoms with Crippen LogP contribution < -0.4 is 10.6 Å². The lowest BCUT2D eigenvalue weighted by Crippen LogP contribution is -2.26. The Labute approximate surface area is 91.9 Å². The van der Waals surface area contributed by atoms with Crippen LogP contribution in [-0.4, -0.2) is 19.6 Å². The van der Waals surface area contributed by atoms with Crippen molar-refractivity contribution in [1.82, 2.24) is 10.6 Å². The third-order valence-electron chi connectivity index (χ3n) is 1.71. The van der Waals surface area contributed by atoms with Crippen LogP contribution in [-0.2, 0) is 6.54 Å². The zero-order valence-electron chi connectivity index (χ0n) is 7.77. The van der Waals surface area contributed by atoms with Crippen LogP contribution in [0.2, 0.25) is 0 Å². The molecule has 1 rings (SSSR count). The molecule has 0 aliphatic heterocycles. The van der Waals surface area contributed by atoms with Gasteiger partial charge in [0.2, 0.25) is 0 Å². The van der Waals surface area contributed by atoms with Gasteiger partial charge in [0.25, 0.3) is 0 Å². The Balaban J connectivity index is 2.10. The molecule has 13 heavy (non-hydrogen) atoms. The molecule has 0 amide bonds. The Bertz CT molecular complexity index is 237. The highest BCUT2D eigenvalue weighted by molar-refractivity contribution is 9.10. The number of thiophene rings is 1. The van der Waals surface area contributed by atoms with Crippen molar-refractivity contribution in [2.75, 3.05) is 19.6 Å². The Kier molecular flexibility index (Phi) is 5.62. The topological polar surface area (TPSA) is 24.1 Å². The molecule has 0 atom stereocenters. The predicted octanol–water partition coefficient (Wildman–Crippen LogP) is 2.21. The highest BCUT2D eigenvalue weighted by Crippen LogP contribution is 2.21. The minimum atomic E-state index is 0.962. The summed E-state index contributed by atoms with van der Waals surface area (Å²) in [5.41, 5.74) is 0. The van der Waals surface area contributed by atoms with E-state index in [2.05, 4.69) is 44.9 Å². The molecule has 4 heteroatoms. The van der Waals surface area contributed by atoms with Gasteiger partial charge in [0.15, 0.2) is 0 Å². The molecule has 0 spiro atoms. The molecule has 2 nitrogen and oxygen atoms in total. The SMILES string of the molecule is CCNCCNCc1sccc1Br. The first kappa shape index (κ1) is 11.2. The van der Waals surface area contributed by atoms with Crippen molar-refractivity contribution in [3.63, 3.8) is 0 Å². The Morgan fingerprint density at radius 1 is 1.38 bits per heavy atom. The smallest absolute Gasteiger partial charge is 0.0327 e. The van der Waals surface area contributed by atoms with Crippen molar-refractivity contribution < 1.29 is 0 Å². The molecule has 0 saturated carbocycles. The molecule has 0 bridgehead atoms. The van der Waals surface area contributed by atoms with E-state index in [-0.39, 0.29) is 0 Å². The van der Waals surface area contributed by atoms with Crippen LogP contribution in [0.1, 0.15) is 11.8 Å². The number of hydrogen-bond acceptors (Lipinski definition) is 3. The summed E-state index contributed by atoms with van der Waals surface area (Å²) in [5, 5.41) is 8.76. The average molecular weight is 263 g/mol. The van der Waals surface area contributed by atoms with Gasteiger partial charge in [0.1, 0.15) is 0 Å². The predicted molar refractivity (Wildman–Crippen MR) is 62.3 cm³/mol. The number of nitrogens with one attached hydrogen (secondary N) is 2. The maximum atomic E-state index is 3.50. The fourth-order valence-corrected chi connectivity index (χ4v) is 2.47. The summed E-state index contributed by atoms with van der Waals surface area (Å²) in [6, 6.07) is 2.09. The molecule has 0 saturated heterocycles. The zero-order valence-corrected chi connectivity index (χ0v) is 10.2. The fraction of sp³-hybridized carbons (Fsp3) is 0.556. The molecule has 0 fully saturated rings. The van der Waals surface area contributed by atoms with Gasteiger partial charge in [-0.3, -0.25) is 0 Å². The van der Waals surface area contributed by atoms with Crippen molar-refractivity contribution in [2.45, 2.75) is 13.5 Å². The first-order chi connectivity index (χ1) is 6.34. The van der Waals surface area contributed by atoms with E-state index >= 15 is 0 Å². The van der Waals surface area contributed by atoms with Crippen LogP contribution in [0.3, 0.4) is 0 Å². The second-order valence-electron chi connectivity index (χ2n) is 2.72. The molecule has 74 valence electrons. The van der Waals surface area contributed by atoms with Crippen molar-refractivity contribution in [1.29, 1.82) is 0 Å². The largest absolute Gasteiger partial charge is 0.316 e. The van der Waals surface area contributed by atoms with Crippen molar-refractivity contribution in [3.05, 3.63) is 20.8 Å². The van der Waals surface area contributed by atoms with Crippen molar-refractivity contribution in [2.24, 2.45) is 0 Å². The van der Waals surface area contributed by atoms with Gasteiger partial charge in [-0.1, -0.05) is 6.92 Å². The number of rotatable bonds is 6. The van der Waals surface area contributed by atoms with Gasteiger partial charge in [-0.05, 0) is 33.9 Å². The van der Waals surface area contributed by atoms with E-state index in [0.29, 0.717) is 0 Å². The maximum Gasteiger partial charge on any atom is 0.0327 e. The van der Waals surface area contributed by atoms with Gasteiger partial charge in [-0.2, -0.15) is 0 Å². The molecule has 1 aromatic rings. The quantitative estimate of drug-likeness (QED) is 0.769. The Morgan fingerprint density at radius 3 is 2.77 bits per heavy atom. The lowest BCUT2D eigenvalue weighted by molar-refractivity contribution is 0.627. The third-order valence-corrected chi connectivity index (χ3v) is 3.63. The van der Waals surface area contributed by atoms with Crippen LogP contribution >= 0.6 is 27.3 Å². The van der Waals surface area contributed by atoms with E-state index in [1.165, 1.54) is 9.35 Å². The van der Waals surface area contributed by atoms with E-state index in [4.69, 9.17) is 0 Å². The first-order valence-electron chi connectivity index (χ1n) is 4.48. The molecule has 0 aromatic carbocycles. The molecule has 0 aliphatic rings. The minimum Gasteiger partial charge on any atom is -0.316 e. The molecule has 0 radical (unpaired) electrons. The van der Waals surface area contributed by atoms with E-state index in [0.717, 1.165) is 26.2 Å². The number of halogens is 1. The summed E-state index contributed by atoms with van der Waals surface area (Å²) in [6.45, 7) is 6.20. The minimum absolute atomic E-state index is 0.962. The third kappa shape index (κ3) is 4.22. The number of hydrogen-bond donors (Lipinski definition) is 2. The lowest BCUT2D eigenvalue weighted by Gasteiger charge is -2.03. The molecular formula is C9H15BrN2S. The van der Waals surface area contributed by atoms with Gasteiger partial charge in [-0.15, -0.1) is 11.3 Å². The van der Waals surface area contributed by atoms with Crippen LogP contribution in [0.5, 0.6) is 0 Å². The molecule has 0 unspecified atom stereocenters. The molecule has 1 heterocycles. The van der Waals surface area contributed by atoms with E-state index in [1.807, 2.05) is 0 Å². The Morgan fingerprint density at radius 2 is 2.15 bits per heavy atom. The first-order valence-corrected chi connectivity index (χ1v) is 6.15. The summed E-state index contributed by atoms with van der Waals surface area (Å²) in [4.78, 5) is 1.37. The second-order valence-corrected chi connectivity index (χ2v) is 4.58. The van der Waals surface area contributed by atoms with Crippen LogP contribution in [0.25, 0.3) is 0 Å². The standard InChI is InChI=1S/C9H15BrN2S/c1-2-11-4-5-12-7-9-8(10)3-6-13-9/h3,6,11-12H,2,4-5,7H2,1H3. The van der Waals surface area contributed by atoms with Crippen molar-refractivity contribution >= 4 is 27.3 Å². The molecule has 2 N–H and O–H groups in total. The highest BCUT2D eigenvalue weighted by Gasteiger charge is 1.98.